The lowest BCUT2D eigenvalue weighted by Crippen LogP contribution is -2.36. The molecule has 2 aromatic heterocycles. The highest BCUT2D eigenvalue weighted by molar-refractivity contribution is 5.94. The zero-order valence-electron chi connectivity index (χ0n) is 14.9. The Morgan fingerprint density at radius 3 is 2.59 bits per heavy atom. The van der Waals surface area contributed by atoms with Gasteiger partial charge in [0, 0.05) is 13.2 Å². The second-order valence-corrected chi connectivity index (χ2v) is 5.29. The van der Waals surface area contributed by atoms with Gasteiger partial charge < -0.3 is 20.1 Å². The van der Waals surface area contributed by atoms with Crippen LogP contribution in [0.25, 0.3) is 5.76 Å². The molecule has 0 fully saturated rings. The lowest BCUT2D eigenvalue weighted by molar-refractivity contribution is -0.125. The second-order valence-electron chi connectivity index (χ2n) is 5.29. The van der Waals surface area contributed by atoms with Crippen molar-refractivity contribution in [3.8, 4) is 5.75 Å². The summed E-state index contributed by atoms with van der Waals surface area (Å²) in [6.45, 7) is 7.39. The van der Waals surface area contributed by atoms with Gasteiger partial charge in [0.25, 0.3) is 5.91 Å². The highest BCUT2D eigenvalue weighted by Crippen LogP contribution is 2.18. The normalized spacial score (nSPS) is 9.81. The fraction of sp³-hybridized carbons (Fsp3) is 0.158. The van der Waals surface area contributed by atoms with Gasteiger partial charge in [0.15, 0.2) is 5.76 Å². The molecule has 0 saturated heterocycles. The Morgan fingerprint density at radius 2 is 1.96 bits per heavy atom. The first kappa shape index (κ1) is 19.6. The maximum atomic E-state index is 11.8. The Balaban J connectivity index is 1.84. The van der Waals surface area contributed by atoms with Crippen LogP contribution in [0, 0.1) is 0 Å². The van der Waals surface area contributed by atoms with Crippen LogP contribution in [-0.2, 0) is 20.9 Å². The minimum atomic E-state index is -0.616. The number of pyridine rings is 2. The van der Waals surface area contributed by atoms with Gasteiger partial charge in [-0.05, 0) is 24.3 Å². The van der Waals surface area contributed by atoms with Gasteiger partial charge in [-0.1, -0.05) is 19.2 Å². The molecule has 0 radical (unpaired) electrons. The van der Waals surface area contributed by atoms with E-state index in [1.807, 2.05) is 18.2 Å². The van der Waals surface area contributed by atoms with Gasteiger partial charge in [0.05, 0.1) is 18.4 Å². The van der Waals surface area contributed by atoms with Crippen LogP contribution in [-0.4, -0.2) is 35.4 Å². The van der Waals surface area contributed by atoms with E-state index in [4.69, 9.17) is 9.47 Å². The van der Waals surface area contributed by atoms with E-state index >= 15 is 0 Å². The van der Waals surface area contributed by atoms with Gasteiger partial charge in [0.2, 0.25) is 5.91 Å². The first-order valence-corrected chi connectivity index (χ1v) is 8.03. The van der Waals surface area contributed by atoms with Crippen molar-refractivity contribution in [2.45, 2.75) is 6.61 Å². The highest BCUT2D eigenvalue weighted by Gasteiger charge is 2.13. The van der Waals surface area contributed by atoms with Crippen LogP contribution in [0.5, 0.6) is 5.75 Å². The Labute approximate surface area is 156 Å². The third-order valence-corrected chi connectivity index (χ3v) is 3.32. The second kappa shape index (κ2) is 9.71. The molecule has 2 N–H and O–H groups in total. The van der Waals surface area contributed by atoms with E-state index in [9.17, 15) is 9.59 Å². The molecule has 0 unspecified atom stereocenters. The molecule has 8 heteroatoms. The van der Waals surface area contributed by atoms with Gasteiger partial charge in [0.1, 0.15) is 23.8 Å². The molecule has 0 bridgehead atoms. The average molecular weight is 368 g/mol. The Kier molecular flexibility index (Phi) is 7.07. The molecule has 2 amide bonds. The highest BCUT2D eigenvalue weighted by atomic mass is 16.5. The number of rotatable bonds is 9. The van der Waals surface area contributed by atoms with Crippen molar-refractivity contribution >= 4 is 17.6 Å². The summed E-state index contributed by atoms with van der Waals surface area (Å²) in [4.78, 5) is 31.3. The van der Waals surface area contributed by atoms with Crippen LogP contribution >= 0.6 is 0 Å². The number of ether oxygens (including phenoxy) is 2. The number of nitrogens with one attached hydrogen (secondary N) is 2. The largest absolute Gasteiger partial charge is 0.486 e. The first-order chi connectivity index (χ1) is 13.0. The quantitative estimate of drug-likeness (QED) is 0.513. The van der Waals surface area contributed by atoms with Crippen LogP contribution in [0.1, 0.15) is 11.4 Å². The summed E-state index contributed by atoms with van der Waals surface area (Å²) in [5.74, 6) is -0.445. The van der Waals surface area contributed by atoms with E-state index in [2.05, 4.69) is 33.8 Å². The number of carbonyl (C=O) groups excluding carboxylic acids is 2. The van der Waals surface area contributed by atoms with Crippen molar-refractivity contribution in [2.75, 3.05) is 13.6 Å². The molecular formula is C19H20N4O4. The van der Waals surface area contributed by atoms with Gasteiger partial charge in [-0.15, -0.1) is 0 Å². The Morgan fingerprint density at radius 1 is 1.15 bits per heavy atom. The summed E-state index contributed by atoms with van der Waals surface area (Å²) >= 11 is 0. The van der Waals surface area contributed by atoms with Crippen molar-refractivity contribution in [3.05, 3.63) is 73.0 Å². The van der Waals surface area contributed by atoms with E-state index in [0.29, 0.717) is 18.1 Å². The number of hydrogen-bond acceptors (Lipinski definition) is 6. The molecule has 0 aliphatic rings. The topological polar surface area (TPSA) is 102 Å². The van der Waals surface area contributed by atoms with Crippen LogP contribution in [0.4, 0.5) is 0 Å². The summed E-state index contributed by atoms with van der Waals surface area (Å²) in [5.41, 5.74) is 1.22. The summed E-state index contributed by atoms with van der Waals surface area (Å²) in [6.07, 6.45) is 3.21. The molecular weight excluding hydrogens is 348 g/mol. The molecule has 2 heterocycles. The van der Waals surface area contributed by atoms with E-state index < -0.39 is 5.91 Å². The fourth-order valence-electron chi connectivity index (χ4n) is 1.87. The summed E-state index contributed by atoms with van der Waals surface area (Å²) in [7, 11) is 1.47. The minimum absolute atomic E-state index is 0.145. The lowest BCUT2D eigenvalue weighted by atomic mass is 10.3. The van der Waals surface area contributed by atoms with Crippen LogP contribution in [0.15, 0.2) is 61.6 Å². The standard InChI is InChI=1S/C19H20N4O4/c1-13(27-14(2)19(25)23-11-18(24)20-3)17-8-7-16(10-22-17)26-12-15-6-4-5-9-21-15/h4-10H,1-2,11-12H2,3H3,(H,20,24)(H,23,25). The molecule has 140 valence electrons. The van der Waals surface area contributed by atoms with Gasteiger partial charge in [-0.2, -0.15) is 0 Å². The number of likely N-dealkylation sites (N-methyl/N-ethyl adjacent to an activating group) is 1. The molecule has 0 aliphatic carbocycles. The minimum Gasteiger partial charge on any atom is -0.486 e. The summed E-state index contributed by atoms with van der Waals surface area (Å²) < 4.78 is 10.9. The zero-order valence-corrected chi connectivity index (χ0v) is 14.9. The smallest absolute Gasteiger partial charge is 0.286 e. The number of aromatic nitrogens is 2. The van der Waals surface area contributed by atoms with E-state index in [1.54, 1.807) is 18.3 Å². The van der Waals surface area contributed by atoms with E-state index in [1.165, 1.54) is 13.2 Å². The fourth-order valence-corrected chi connectivity index (χ4v) is 1.87. The predicted molar refractivity (Wildman–Crippen MR) is 99.1 cm³/mol. The number of amides is 2. The summed E-state index contributed by atoms with van der Waals surface area (Å²) in [6, 6.07) is 8.92. The molecule has 0 aromatic carbocycles. The van der Waals surface area contributed by atoms with Crippen molar-refractivity contribution in [3.63, 3.8) is 0 Å². The van der Waals surface area contributed by atoms with E-state index in [0.717, 1.165) is 5.69 Å². The van der Waals surface area contributed by atoms with Gasteiger partial charge in [-0.3, -0.25) is 14.6 Å². The van der Waals surface area contributed by atoms with Crippen LogP contribution in [0.3, 0.4) is 0 Å². The number of hydrogen-bond donors (Lipinski definition) is 2. The predicted octanol–water partition coefficient (Wildman–Crippen LogP) is 1.42. The Hall–Kier alpha value is -3.68. The molecule has 0 atom stereocenters. The van der Waals surface area contributed by atoms with Crippen LogP contribution in [0.2, 0.25) is 0 Å². The monoisotopic (exact) mass is 368 g/mol. The molecule has 2 aromatic rings. The molecule has 0 saturated carbocycles. The van der Waals surface area contributed by atoms with Crippen molar-refractivity contribution in [1.29, 1.82) is 0 Å². The first-order valence-electron chi connectivity index (χ1n) is 8.03. The Bertz CT molecular complexity index is 819. The third kappa shape index (κ3) is 6.28. The van der Waals surface area contributed by atoms with Gasteiger partial charge >= 0.3 is 0 Å². The SMILES string of the molecule is C=C(OC(=C)c1ccc(OCc2ccccn2)cn1)C(=O)NCC(=O)NC. The third-order valence-electron chi connectivity index (χ3n) is 3.32. The molecule has 27 heavy (non-hydrogen) atoms. The van der Waals surface area contributed by atoms with Crippen molar-refractivity contribution in [1.82, 2.24) is 20.6 Å². The molecule has 2 rings (SSSR count). The molecule has 0 spiro atoms. The zero-order chi connectivity index (χ0) is 19.6. The summed E-state index contributed by atoms with van der Waals surface area (Å²) in [5, 5.41) is 4.75. The molecule has 0 aliphatic heterocycles. The maximum absolute atomic E-state index is 11.8. The number of nitrogens with zero attached hydrogens (tertiary/aromatic N) is 2. The lowest BCUT2D eigenvalue weighted by Gasteiger charge is -2.11. The van der Waals surface area contributed by atoms with Crippen LogP contribution < -0.4 is 15.4 Å². The maximum Gasteiger partial charge on any atom is 0.286 e. The average Bonchev–Trinajstić information content (AvgIpc) is 2.71. The van der Waals surface area contributed by atoms with Crippen molar-refractivity contribution < 1.29 is 19.1 Å². The number of carbonyl (C=O) groups is 2. The van der Waals surface area contributed by atoms with E-state index in [-0.39, 0.29) is 24.0 Å². The van der Waals surface area contributed by atoms with Gasteiger partial charge in [-0.25, -0.2) is 4.98 Å². The van der Waals surface area contributed by atoms with Crippen molar-refractivity contribution in [2.24, 2.45) is 0 Å². The molecule has 8 nitrogen and oxygen atoms in total.